The summed E-state index contributed by atoms with van der Waals surface area (Å²) >= 11 is 1.22. The molecule has 2 N–H and O–H groups in total. The van der Waals surface area contributed by atoms with E-state index in [4.69, 9.17) is 0 Å². The molecule has 1 saturated heterocycles. The molecule has 1 fully saturated rings. The second-order valence-electron chi connectivity index (χ2n) is 6.71. The number of carbonyl (C=O) groups is 2. The Morgan fingerprint density at radius 3 is 2.61 bits per heavy atom. The minimum Gasteiger partial charge on any atom is -0.326 e. The van der Waals surface area contributed by atoms with Crippen LogP contribution in [0.15, 0.2) is 52.7 Å². The molecule has 2 aromatic carbocycles. The average molecular weight is 395 g/mol. The van der Waals surface area contributed by atoms with Crippen LogP contribution in [0.25, 0.3) is 0 Å². The molecule has 0 aromatic heterocycles. The van der Waals surface area contributed by atoms with Crippen LogP contribution >= 0.6 is 11.8 Å². The number of nitrogens with zero attached hydrogens (tertiary/aromatic N) is 2. The quantitative estimate of drug-likeness (QED) is 0.601. The summed E-state index contributed by atoms with van der Waals surface area (Å²) in [4.78, 5) is 24.4. The summed E-state index contributed by atoms with van der Waals surface area (Å²) in [5, 5.41) is 13.4. The molecule has 1 aliphatic heterocycles. The van der Waals surface area contributed by atoms with E-state index in [1.54, 1.807) is 6.21 Å². The topological polar surface area (TPSA) is 82.9 Å². The molecule has 0 aliphatic carbocycles. The fourth-order valence-corrected chi connectivity index (χ4v) is 3.51. The molecule has 2 aromatic rings. The van der Waals surface area contributed by atoms with Crippen molar-refractivity contribution in [3.63, 3.8) is 0 Å². The lowest BCUT2D eigenvalue weighted by molar-refractivity contribution is -0.122. The zero-order valence-corrected chi connectivity index (χ0v) is 16.8. The number of amides is 2. The average Bonchev–Trinajstić information content (AvgIpc) is 2.99. The summed E-state index contributed by atoms with van der Waals surface area (Å²) in [5.41, 5.74) is 5.09. The number of nitrogens with one attached hydrogen (secondary N) is 2. The second-order valence-corrected chi connectivity index (χ2v) is 7.90. The van der Waals surface area contributed by atoms with Crippen molar-refractivity contribution in [2.45, 2.75) is 32.4 Å². The number of carbonyl (C=O) groups excluding carboxylic acids is 2. The first-order valence-electron chi connectivity index (χ1n) is 8.93. The molecular weight excluding hydrogens is 372 g/mol. The highest BCUT2D eigenvalue weighted by Gasteiger charge is 2.32. The van der Waals surface area contributed by atoms with Crippen molar-refractivity contribution in [2.75, 3.05) is 5.32 Å². The Morgan fingerprint density at radius 2 is 1.89 bits per heavy atom. The van der Waals surface area contributed by atoms with E-state index in [1.165, 1.54) is 17.3 Å². The van der Waals surface area contributed by atoms with Crippen LogP contribution < -0.4 is 10.6 Å². The zero-order valence-electron chi connectivity index (χ0n) is 16.0. The molecule has 6 nitrogen and oxygen atoms in total. The Labute approximate surface area is 168 Å². The minimum absolute atomic E-state index is 0.0735. The molecule has 0 spiro atoms. The number of anilines is 1. The molecule has 144 valence electrons. The van der Waals surface area contributed by atoms with Crippen LogP contribution in [0.5, 0.6) is 0 Å². The molecule has 7 heteroatoms. The number of aryl methyl sites for hydroxylation is 3. The van der Waals surface area contributed by atoms with Gasteiger partial charge in [0.05, 0.1) is 6.21 Å². The summed E-state index contributed by atoms with van der Waals surface area (Å²) in [6.07, 6.45) is 1.70. The van der Waals surface area contributed by atoms with Crippen LogP contribution in [0.1, 0.15) is 28.7 Å². The van der Waals surface area contributed by atoms with Gasteiger partial charge in [0.1, 0.15) is 5.25 Å². The lowest BCUT2D eigenvalue weighted by atomic mass is 10.1. The van der Waals surface area contributed by atoms with E-state index >= 15 is 0 Å². The highest BCUT2D eigenvalue weighted by molar-refractivity contribution is 8.15. The van der Waals surface area contributed by atoms with Crippen LogP contribution in [0.4, 0.5) is 5.69 Å². The maximum atomic E-state index is 12.3. The van der Waals surface area contributed by atoms with Gasteiger partial charge in [-0.25, -0.2) is 0 Å². The predicted octanol–water partition coefficient (Wildman–Crippen LogP) is 3.56. The molecular formula is C21H22N4O2S. The van der Waals surface area contributed by atoms with E-state index in [1.807, 2.05) is 63.2 Å². The second kappa shape index (κ2) is 8.84. The van der Waals surface area contributed by atoms with Gasteiger partial charge in [-0.15, -0.1) is 5.10 Å². The predicted molar refractivity (Wildman–Crippen MR) is 115 cm³/mol. The van der Waals surface area contributed by atoms with Crippen LogP contribution in [0, 0.1) is 20.8 Å². The first-order chi connectivity index (χ1) is 13.4. The first kappa shape index (κ1) is 19.8. The molecule has 0 bridgehead atoms. The SMILES string of the molecule is Cc1ccc(C=NN=C2NC(=O)C(CC(=O)Nc3ccc(C)c(C)c3)S2)cc1. The highest BCUT2D eigenvalue weighted by Crippen LogP contribution is 2.23. The maximum absolute atomic E-state index is 12.3. The summed E-state index contributed by atoms with van der Waals surface area (Å²) < 4.78 is 0. The molecule has 1 atom stereocenters. The van der Waals surface area contributed by atoms with Crippen molar-refractivity contribution in [3.05, 3.63) is 64.7 Å². The number of thioether (sulfide) groups is 1. The van der Waals surface area contributed by atoms with Crippen molar-refractivity contribution >= 4 is 40.6 Å². The molecule has 2 amide bonds. The van der Waals surface area contributed by atoms with E-state index in [9.17, 15) is 9.59 Å². The fourth-order valence-electron chi connectivity index (χ4n) is 2.59. The molecule has 0 radical (unpaired) electrons. The largest absolute Gasteiger partial charge is 0.326 e. The number of rotatable bonds is 5. The first-order valence-corrected chi connectivity index (χ1v) is 9.81. The summed E-state index contributed by atoms with van der Waals surface area (Å²) in [6.45, 7) is 6.02. The van der Waals surface area contributed by atoms with Crippen LogP contribution in [-0.4, -0.2) is 28.4 Å². The Morgan fingerprint density at radius 1 is 1.14 bits per heavy atom. The van der Waals surface area contributed by atoms with Crippen LogP contribution in [0.3, 0.4) is 0 Å². The van der Waals surface area contributed by atoms with Gasteiger partial charge in [-0.05, 0) is 49.6 Å². The van der Waals surface area contributed by atoms with Crippen LogP contribution in [0.2, 0.25) is 0 Å². The Kier molecular flexibility index (Phi) is 6.26. The standard InChI is InChI=1S/C21H22N4O2S/c1-13-4-7-16(8-5-13)12-22-25-21-24-20(27)18(28-21)11-19(26)23-17-9-6-14(2)15(3)10-17/h4-10,12,18H,11H2,1-3H3,(H,23,26)(H,24,25,27). The fraction of sp³-hybridized carbons (Fsp3) is 0.238. The van der Waals surface area contributed by atoms with Crippen molar-refractivity contribution in [1.29, 1.82) is 0 Å². The monoisotopic (exact) mass is 394 g/mol. The molecule has 0 saturated carbocycles. The Balaban J connectivity index is 1.55. The maximum Gasteiger partial charge on any atom is 0.240 e. The van der Waals surface area contributed by atoms with Gasteiger partial charge >= 0.3 is 0 Å². The highest BCUT2D eigenvalue weighted by atomic mass is 32.2. The van der Waals surface area contributed by atoms with Gasteiger partial charge in [-0.1, -0.05) is 47.7 Å². The normalized spacial score (nSPS) is 17.9. The van der Waals surface area contributed by atoms with Crippen molar-refractivity contribution in [2.24, 2.45) is 10.2 Å². The van der Waals surface area contributed by atoms with Gasteiger partial charge < -0.3 is 10.6 Å². The van der Waals surface area contributed by atoms with Crippen molar-refractivity contribution in [1.82, 2.24) is 5.32 Å². The number of hydrogen-bond donors (Lipinski definition) is 2. The van der Waals surface area contributed by atoms with Gasteiger partial charge in [-0.2, -0.15) is 5.10 Å². The van der Waals surface area contributed by atoms with E-state index in [-0.39, 0.29) is 18.2 Å². The zero-order chi connectivity index (χ0) is 20.1. The van der Waals surface area contributed by atoms with Gasteiger partial charge in [0.15, 0.2) is 5.17 Å². The van der Waals surface area contributed by atoms with Gasteiger partial charge in [-0.3, -0.25) is 9.59 Å². The Bertz CT molecular complexity index is 951. The molecule has 1 unspecified atom stereocenters. The minimum atomic E-state index is -0.514. The van der Waals surface area contributed by atoms with E-state index in [0.29, 0.717) is 5.17 Å². The summed E-state index contributed by atoms with van der Waals surface area (Å²) in [7, 11) is 0. The third-order valence-electron chi connectivity index (χ3n) is 4.37. The lowest BCUT2D eigenvalue weighted by Crippen LogP contribution is -2.28. The van der Waals surface area contributed by atoms with E-state index in [0.717, 1.165) is 22.4 Å². The smallest absolute Gasteiger partial charge is 0.240 e. The lowest BCUT2D eigenvalue weighted by Gasteiger charge is -2.09. The summed E-state index contributed by atoms with van der Waals surface area (Å²) in [6, 6.07) is 13.6. The molecule has 3 rings (SSSR count). The van der Waals surface area contributed by atoms with Gasteiger partial charge in [0, 0.05) is 12.1 Å². The number of hydrogen-bond acceptors (Lipinski definition) is 5. The molecule has 28 heavy (non-hydrogen) atoms. The van der Waals surface area contributed by atoms with E-state index in [2.05, 4.69) is 20.8 Å². The molecule has 1 aliphatic rings. The van der Waals surface area contributed by atoms with Crippen molar-refractivity contribution < 1.29 is 9.59 Å². The van der Waals surface area contributed by atoms with Crippen molar-refractivity contribution in [3.8, 4) is 0 Å². The third kappa shape index (κ3) is 5.29. The van der Waals surface area contributed by atoms with Gasteiger partial charge in [0.25, 0.3) is 0 Å². The Hall–Kier alpha value is -2.93. The van der Waals surface area contributed by atoms with Gasteiger partial charge in [0.2, 0.25) is 11.8 Å². The number of amidine groups is 1. The molecule has 1 heterocycles. The van der Waals surface area contributed by atoms with Crippen LogP contribution in [-0.2, 0) is 9.59 Å². The number of benzene rings is 2. The summed E-state index contributed by atoms with van der Waals surface area (Å²) in [5.74, 6) is -0.440. The van der Waals surface area contributed by atoms with E-state index < -0.39 is 5.25 Å². The third-order valence-corrected chi connectivity index (χ3v) is 5.44.